The molecule has 0 spiro atoms. The minimum atomic E-state index is -1.13. The van der Waals surface area contributed by atoms with E-state index in [2.05, 4.69) is 10.6 Å². The lowest BCUT2D eigenvalue weighted by Gasteiger charge is -2.26. The first-order valence-corrected chi connectivity index (χ1v) is 9.68. The molecule has 2 amide bonds. The van der Waals surface area contributed by atoms with E-state index in [-0.39, 0.29) is 24.0 Å². The molecule has 1 aromatic carbocycles. The summed E-state index contributed by atoms with van der Waals surface area (Å²) in [5.41, 5.74) is -0.471. The Morgan fingerprint density at radius 2 is 1.58 bits per heavy atom. The third kappa shape index (κ3) is 5.75. The maximum absolute atomic E-state index is 12.7. The van der Waals surface area contributed by atoms with Crippen LogP contribution in [0.2, 0.25) is 0 Å². The summed E-state index contributed by atoms with van der Waals surface area (Å²) in [6.45, 7) is 7.27. The van der Waals surface area contributed by atoms with Gasteiger partial charge in [0.1, 0.15) is 11.2 Å². The predicted molar refractivity (Wildman–Crippen MR) is 104 cm³/mol. The van der Waals surface area contributed by atoms with E-state index in [0.717, 1.165) is 31.4 Å². The lowest BCUT2D eigenvalue weighted by atomic mass is 9.90. The van der Waals surface area contributed by atoms with Gasteiger partial charge >= 0.3 is 0 Å². The first kappa shape index (κ1) is 20.3. The Morgan fingerprint density at radius 1 is 1.00 bits per heavy atom. The monoisotopic (exact) mass is 360 g/mol. The molecular weight excluding hydrogens is 328 g/mol. The zero-order valence-electron chi connectivity index (χ0n) is 16.4. The average Bonchev–Trinajstić information content (AvgIpc) is 2.84. The topological polar surface area (TPSA) is 67.4 Å². The van der Waals surface area contributed by atoms with Crippen LogP contribution in [0.1, 0.15) is 66.2 Å². The molecule has 0 heterocycles. The Hall–Kier alpha value is -2.04. The van der Waals surface area contributed by atoms with Gasteiger partial charge in [-0.05, 0) is 64.8 Å². The van der Waals surface area contributed by atoms with E-state index in [1.807, 2.05) is 26.0 Å². The van der Waals surface area contributed by atoms with E-state index in [1.165, 1.54) is 12.8 Å². The van der Waals surface area contributed by atoms with Crippen LogP contribution in [-0.2, 0) is 9.59 Å². The highest BCUT2D eigenvalue weighted by Crippen LogP contribution is 2.23. The van der Waals surface area contributed by atoms with Gasteiger partial charge in [-0.3, -0.25) is 9.59 Å². The number of benzene rings is 1. The quantitative estimate of drug-likeness (QED) is 0.588. The third-order valence-corrected chi connectivity index (χ3v) is 4.81. The molecule has 0 saturated heterocycles. The van der Waals surface area contributed by atoms with Gasteiger partial charge in [0.2, 0.25) is 11.8 Å². The van der Waals surface area contributed by atoms with Gasteiger partial charge in [-0.1, -0.05) is 25.7 Å². The predicted octanol–water partition coefficient (Wildman–Crippen LogP) is 4.28. The minimum absolute atomic E-state index is 0.0991. The molecule has 26 heavy (non-hydrogen) atoms. The molecule has 0 atom stereocenters. The van der Waals surface area contributed by atoms with E-state index in [4.69, 9.17) is 4.74 Å². The number of anilines is 1. The molecule has 1 aromatic rings. The average molecular weight is 360 g/mol. The SMILES string of the molecule is CC(C)Oc1ccc(NC(=O)C(C)(C)C(=O)NC2CCCCCC2)cc1. The molecule has 1 fully saturated rings. The summed E-state index contributed by atoms with van der Waals surface area (Å²) in [5.74, 6) is 0.242. The molecule has 0 aliphatic heterocycles. The molecule has 0 unspecified atom stereocenters. The van der Waals surface area contributed by atoms with Crippen LogP contribution in [0.4, 0.5) is 5.69 Å². The van der Waals surface area contributed by atoms with Crippen molar-refractivity contribution >= 4 is 17.5 Å². The van der Waals surface area contributed by atoms with Crippen molar-refractivity contribution in [2.75, 3.05) is 5.32 Å². The highest BCUT2D eigenvalue weighted by molar-refractivity contribution is 6.09. The van der Waals surface area contributed by atoms with Gasteiger partial charge in [0.05, 0.1) is 6.10 Å². The maximum atomic E-state index is 12.7. The van der Waals surface area contributed by atoms with Gasteiger partial charge in [-0.2, -0.15) is 0 Å². The fraction of sp³-hybridized carbons (Fsp3) is 0.619. The van der Waals surface area contributed by atoms with Crippen LogP contribution >= 0.6 is 0 Å². The fourth-order valence-electron chi connectivity index (χ4n) is 3.07. The Balaban J connectivity index is 1.94. The van der Waals surface area contributed by atoms with Gasteiger partial charge in [0, 0.05) is 11.7 Å². The molecular formula is C21H32N2O3. The van der Waals surface area contributed by atoms with E-state index < -0.39 is 5.41 Å². The van der Waals surface area contributed by atoms with Crippen molar-refractivity contribution in [2.24, 2.45) is 5.41 Å². The maximum Gasteiger partial charge on any atom is 0.239 e. The normalized spacial score (nSPS) is 16.0. The van der Waals surface area contributed by atoms with E-state index in [0.29, 0.717) is 5.69 Å². The highest BCUT2D eigenvalue weighted by Gasteiger charge is 2.37. The van der Waals surface area contributed by atoms with Crippen molar-refractivity contribution in [3.8, 4) is 5.75 Å². The number of amides is 2. The number of ether oxygens (including phenoxy) is 1. The summed E-state index contributed by atoms with van der Waals surface area (Å²) in [6.07, 6.45) is 6.84. The second-order valence-corrected chi connectivity index (χ2v) is 7.93. The van der Waals surface area contributed by atoms with Gasteiger partial charge in [0.15, 0.2) is 0 Å². The molecule has 2 rings (SSSR count). The lowest BCUT2D eigenvalue weighted by Crippen LogP contribution is -2.48. The summed E-state index contributed by atoms with van der Waals surface area (Å²) >= 11 is 0. The number of nitrogens with one attached hydrogen (secondary N) is 2. The third-order valence-electron chi connectivity index (χ3n) is 4.81. The van der Waals surface area contributed by atoms with Crippen LogP contribution in [0.15, 0.2) is 24.3 Å². The Morgan fingerprint density at radius 3 is 2.12 bits per heavy atom. The zero-order valence-corrected chi connectivity index (χ0v) is 16.4. The fourth-order valence-corrected chi connectivity index (χ4v) is 3.07. The van der Waals surface area contributed by atoms with E-state index >= 15 is 0 Å². The van der Waals surface area contributed by atoms with E-state index in [9.17, 15) is 9.59 Å². The number of carbonyl (C=O) groups excluding carboxylic acids is 2. The summed E-state index contributed by atoms with van der Waals surface area (Å²) in [4.78, 5) is 25.3. The number of rotatable bonds is 6. The highest BCUT2D eigenvalue weighted by atomic mass is 16.5. The molecule has 5 nitrogen and oxygen atoms in total. The van der Waals surface area contributed by atoms with Gasteiger partial charge < -0.3 is 15.4 Å². The lowest BCUT2D eigenvalue weighted by molar-refractivity contribution is -0.138. The molecule has 144 valence electrons. The largest absolute Gasteiger partial charge is 0.491 e. The van der Waals surface area contributed by atoms with Crippen molar-refractivity contribution in [1.29, 1.82) is 0 Å². The molecule has 1 saturated carbocycles. The van der Waals surface area contributed by atoms with Crippen LogP contribution in [0.3, 0.4) is 0 Å². The van der Waals surface area contributed by atoms with Crippen molar-refractivity contribution < 1.29 is 14.3 Å². The van der Waals surface area contributed by atoms with Gasteiger partial charge in [-0.25, -0.2) is 0 Å². The zero-order chi connectivity index (χ0) is 19.2. The Bertz CT molecular complexity index is 600. The van der Waals surface area contributed by atoms with Crippen LogP contribution in [-0.4, -0.2) is 24.0 Å². The number of hydrogen-bond donors (Lipinski definition) is 2. The summed E-state index contributed by atoms with van der Waals surface area (Å²) in [5, 5.41) is 5.91. The van der Waals surface area contributed by atoms with Crippen molar-refractivity contribution in [2.45, 2.75) is 78.4 Å². The smallest absolute Gasteiger partial charge is 0.239 e. The van der Waals surface area contributed by atoms with Crippen LogP contribution in [0.25, 0.3) is 0 Å². The molecule has 0 bridgehead atoms. The van der Waals surface area contributed by atoms with Crippen LogP contribution in [0, 0.1) is 5.41 Å². The minimum Gasteiger partial charge on any atom is -0.491 e. The number of carbonyl (C=O) groups is 2. The summed E-state index contributed by atoms with van der Waals surface area (Å²) in [7, 11) is 0. The molecule has 2 N–H and O–H groups in total. The first-order chi connectivity index (χ1) is 12.3. The molecule has 5 heteroatoms. The van der Waals surface area contributed by atoms with Crippen molar-refractivity contribution in [1.82, 2.24) is 5.32 Å². The van der Waals surface area contributed by atoms with Crippen LogP contribution < -0.4 is 15.4 Å². The summed E-state index contributed by atoms with van der Waals surface area (Å²) < 4.78 is 5.60. The van der Waals surface area contributed by atoms with Crippen LogP contribution in [0.5, 0.6) is 5.75 Å². The Kier molecular flexibility index (Phi) is 7.06. The molecule has 0 aromatic heterocycles. The standard InChI is InChI=1S/C21H32N2O3/c1-15(2)26-18-13-11-17(12-14-18)23-20(25)21(3,4)19(24)22-16-9-7-5-6-8-10-16/h11-16H,5-10H2,1-4H3,(H,22,24)(H,23,25). The first-order valence-electron chi connectivity index (χ1n) is 9.68. The second-order valence-electron chi connectivity index (χ2n) is 7.93. The van der Waals surface area contributed by atoms with Crippen molar-refractivity contribution in [3.63, 3.8) is 0 Å². The Labute approximate surface area is 156 Å². The summed E-state index contributed by atoms with van der Waals surface area (Å²) in [6, 6.07) is 7.39. The molecule has 0 radical (unpaired) electrons. The molecule has 1 aliphatic carbocycles. The molecule has 1 aliphatic rings. The van der Waals surface area contributed by atoms with Crippen molar-refractivity contribution in [3.05, 3.63) is 24.3 Å². The van der Waals surface area contributed by atoms with E-state index in [1.54, 1.807) is 26.0 Å². The second kappa shape index (κ2) is 9.06. The number of hydrogen-bond acceptors (Lipinski definition) is 3. The van der Waals surface area contributed by atoms with Gasteiger partial charge in [0.25, 0.3) is 0 Å². The van der Waals surface area contributed by atoms with Gasteiger partial charge in [-0.15, -0.1) is 0 Å².